The first kappa shape index (κ1) is 8.68. The lowest BCUT2D eigenvalue weighted by molar-refractivity contribution is -0.116. The van der Waals surface area contributed by atoms with E-state index in [1.165, 1.54) is 0 Å². The summed E-state index contributed by atoms with van der Waals surface area (Å²) >= 11 is 0. The summed E-state index contributed by atoms with van der Waals surface area (Å²) < 4.78 is 4.92. The second-order valence-corrected chi connectivity index (χ2v) is 2.91. The molecule has 0 bridgehead atoms. The molecule has 1 aliphatic heterocycles. The molecule has 1 saturated heterocycles. The van der Waals surface area contributed by atoms with Gasteiger partial charge in [0.1, 0.15) is 5.78 Å². The molecule has 0 aliphatic carbocycles. The number of ether oxygens (including phenoxy) is 1. The monoisotopic (exact) mass is 157 g/mol. The Morgan fingerprint density at radius 2 is 2.45 bits per heavy atom. The fraction of sp³-hybridized carbons (Fsp3) is 0.875. The Bertz CT molecular complexity index is 136. The molecule has 1 rings (SSSR count). The van der Waals surface area contributed by atoms with Crippen molar-refractivity contribution in [1.29, 1.82) is 0 Å². The van der Waals surface area contributed by atoms with E-state index in [2.05, 4.69) is 4.90 Å². The highest BCUT2D eigenvalue weighted by molar-refractivity contribution is 5.82. The fourth-order valence-corrected chi connectivity index (χ4v) is 1.31. The van der Waals surface area contributed by atoms with Crippen LogP contribution in [0.15, 0.2) is 0 Å². The number of likely N-dealkylation sites (tertiary alicyclic amines) is 1. The van der Waals surface area contributed by atoms with Crippen LogP contribution in [0.4, 0.5) is 0 Å². The molecule has 0 spiro atoms. The van der Waals surface area contributed by atoms with Gasteiger partial charge < -0.3 is 4.74 Å². The Morgan fingerprint density at radius 3 is 3.00 bits per heavy atom. The van der Waals surface area contributed by atoms with Crippen LogP contribution in [0.2, 0.25) is 0 Å². The van der Waals surface area contributed by atoms with Gasteiger partial charge in [-0.3, -0.25) is 9.69 Å². The molecule has 3 nitrogen and oxygen atoms in total. The maximum absolute atomic E-state index is 10.8. The van der Waals surface area contributed by atoms with E-state index in [1.807, 2.05) is 0 Å². The third kappa shape index (κ3) is 2.99. The van der Waals surface area contributed by atoms with E-state index in [4.69, 9.17) is 4.74 Å². The van der Waals surface area contributed by atoms with Gasteiger partial charge in [0, 0.05) is 33.2 Å². The number of hydrogen-bond donors (Lipinski definition) is 0. The molecule has 11 heavy (non-hydrogen) atoms. The van der Waals surface area contributed by atoms with Gasteiger partial charge >= 0.3 is 0 Å². The third-order valence-electron chi connectivity index (χ3n) is 1.93. The van der Waals surface area contributed by atoms with E-state index >= 15 is 0 Å². The van der Waals surface area contributed by atoms with Crippen LogP contribution < -0.4 is 0 Å². The van der Waals surface area contributed by atoms with Crippen LogP contribution in [-0.4, -0.2) is 44.0 Å². The second-order valence-electron chi connectivity index (χ2n) is 2.91. The molecule has 1 heterocycles. The van der Waals surface area contributed by atoms with Gasteiger partial charge in [-0.25, -0.2) is 0 Å². The zero-order valence-corrected chi connectivity index (χ0v) is 7.01. The summed E-state index contributed by atoms with van der Waals surface area (Å²) in [5, 5.41) is 0. The third-order valence-corrected chi connectivity index (χ3v) is 1.93. The number of hydrogen-bond acceptors (Lipinski definition) is 3. The Morgan fingerprint density at radius 1 is 1.64 bits per heavy atom. The van der Waals surface area contributed by atoms with Crippen LogP contribution in [0, 0.1) is 0 Å². The van der Waals surface area contributed by atoms with Crippen LogP contribution in [0.5, 0.6) is 0 Å². The number of ketones is 1. The van der Waals surface area contributed by atoms with E-state index in [1.54, 1.807) is 7.11 Å². The highest BCUT2D eigenvalue weighted by Crippen LogP contribution is 2.03. The van der Waals surface area contributed by atoms with Gasteiger partial charge in [-0.1, -0.05) is 0 Å². The van der Waals surface area contributed by atoms with Gasteiger partial charge in [0.05, 0.1) is 6.54 Å². The molecule has 0 aromatic heterocycles. The van der Waals surface area contributed by atoms with E-state index < -0.39 is 0 Å². The molecule has 0 saturated carbocycles. The van der Waals surface area contributed by atoms with Crippen LogP contribution in [0.1, 0.15) is 12.8 Å². The number of carbonyl (C=O) groups excluding carboxylic acids is 1. The normalized spacial score (nSPS) is 19.5. The van der Waals surface area contributed by atoms with E-state index in [0.29, 0.717) is 12.3 Å². The summed E-state index contributed by atoms with van der Waals surface area (Å²) in [4.78, 5) is 13.0. The summed E-state index contributed by atoms with van der Waals surface area (Å²) in [6, 6.07) is 0. The minimum Gasteiger partial charge on any atom is -0.385 e. The van der Waals surface area contributed by atoms with Crippen molar-refractivity contribution in [2.45, 2.75) is 12.8 Å². The maximum Gasteiger partial charge on any atom is 0.148 e. The molecule has 0 N–H and O–H groups in total. The Balaban J connectivity index is 2.04. The van der Waals surface area contributed by atoms with Crippen molar-refractivity contribution in [3.05, 3.63) is 0 Å². The van der Waals surface area contributed by atoms with Gasteiger partial charge in [0.2, 0.25) is 0 Å². The summed E-state index contributed by atoms with van der Waals surface area (Å²) in [6.45, 7) is 3.40. The molecular weight excluding hydrogens is 142 g/mol. The number of nitrogens with zero attached hydrogens (tertiary/aromatic N) is 1. The zero-order valence-electron chi connectivity index (χ0n) is 7.01. The highest BCUT2D eigenvalue weighted by atomic mass is 16.5. The summed E-state index contributed by atoms with van der Waals surface area (Å²) in [5.41, 5.74) is 0. The predicted octanol–water partition coefficient (Wildman–Crippen LogP) is 0.298. The van der Waals surface area contributed by atoms with Crippen molar-refractivity contribution >= 4 is 5.78 Å². The molecule has 64 valence electrons. The van der Waals surface area contributed by atoms with E-state index in [-0.39, 0.29) is 0 Å². The lowest BCUT2D eigenvalue weighted by Crippen LogP contribution is -2.22. The van der Waals surface area contributed by atoms with Crippen molar-refractivity contribution in [2.75, 3.05) is 33.4 Å². The molecule has 0 aromatic rings. The molecule has 0 atom stereocenters. The number of Topliss-reactive ketones (excluding diaryl/α,β-unsaturated/α-hetero) is 1. The minimum atomic E-state index is 0.377. The summed E-state index contributed by atoms with van der Waals surface area (Å²) in [6.07, 6.45) is 1.77. The first-order valence-corrected chi connectivity index (χ1v) is 4.06. The quantitative estimate of drug-likeness (QED) is 0.550. The Labute approximate surface area is 67.3 Å². The summed E-state index contributed by atoms with van der Waals surface area (Å²) in [5.74, 6) is 0.377. The first-order chi connectivity index (χ1) is 5.33. The van der Waals surface area contributed by atoms with Crippen LogP contribution >= 0.6 is 0 Å². The zero-order chi connectivity index (χ0) is 8.10. The van der Waals surface area contributed by atoms with E-state index in [0.717, 1.165) is 32.5 Å². The average molecular weight is 157 g/mol. The lowest BCUT2D eigenvalue weighted by Gasteiger charge is -2.11. The second kappa shape index (κ2) is 4.46. The molecule has 0 unspecified atom stereocenters. The minimum absolute atomic E-state index is 0.377. The lowest BCUT2D eigenvalue weighted by atomic mass is 10.4. The van der Waals surface area contributed by atoms with Gasteiger partial charge in [-0.05, 0) is 6.42 Å². The average Bonchev–Trinajstić information content (AvgIpc) is 2.37. The topological polar surface area (TPSA) is 29.5 Å². The summed E-state index contributed by atoms with van der Waals surface area (Å²) in [7, 11) is 1.70. The SMILES string of the molecule is COCCCN1CCC(=O)C1. The molecule has 1 aliphatic rings. The number of methoxy groups -OCH3 is 1. The molecule has 0 aromatic carbocycles. The van der Waals surface area contributed by atoms with Crippen LogP contribution in [0.25, 0.3) is 0 Å². The van der Waals surface area contributed by atoms with Crippen molar-refractivity contribution in [3.8, 4) is 0 Å². The van der Waals surface area contributed by atoms with Crippen LogP contribution in [0.3, 0.4) is 0 Å². The standard InChI is InChI=1S/C8H15NO2/c1-11-6-2-4-9-5-3-8(10)7-9/h2-7H2,1H3. The van der Waals surface area contributed by atoms with Gasteiger partial charge in [-0.15, -0.1) is 0 Å². The largest absolute Gasteiger partial charge is 0.385 e. The van der Waals surface area contributed by atoms with E-state index in [9.17, 15) is 4.79 Å². The van der Waals surface area contributed by atoms with Gasteiger partial charge in [0.25, 0.3) is 0 Å². The van der Waals surface area contributed by atoms with Crippen LogP contribution in [-0.2, 0) is 9.53 Å². The predicted molar refractivity (Wildman–Crippen MR) is 42.6 cm³/mol. The molecule has 1 fully saturated rings. The molecule has 0 radical (unpaired) electrons. The van der Waals surface area contributed by atoms with Crippen molar-refractivity contribution in [2.24, 2.45) is 0 Å². The molecule has 0 amide bonds. The smallest absolute Gasteiger partial charge is 0.148 e. The van der Waals surface area contributed by atoms with Gasteiger partial charge in [-0.2, -0.15) is 0 Å². The van der Waals surface area contributed by atoms with Crippen molar-refractivity contribution in [3.63, 3.8) is 0 Å². The van der Waals surface area contributed by atoms with Crippen molar-refractivity contribution < 1.29 is 9.53 Å². The number of rotatable bonds is 4. The van der Waals surface area contributed by atoms with Crippen molar-refractivity contribution in [1.82, 2.24) is 4.90 Å². The van der Waals surface area contributed by atoms with Gasteiger partial charge in [0.15, 0.2) is 0 Å². The highest BCUT2D eigenvalue weighted by Gasteiger charge is 2.17. The Kier molecular flexibility index (Phi) is 3.52. The number of carbonyl (C=O) groups is 1. The molecule has 3 heteroatoms. The Hall–Kier alpha value is -0.410. The first-order valence-electron chi connectivity index (χ1n) is 4.06. The maximum atomic E-state index is 10.8. The fourth-order valence-electron chi connectivity index (χ4n) is 1.31. The molecular formula is C8H15NO2.